The van der Waals surface area contributed by atoms with Crippen LogP contribution >= 0.6 is 0 Å². The second kappa shape index (κ2) is 53.3. The van der Waals surface area contributed by atoms with Crippen LogP contribution in [0.1, 0.15) is 278 Å². The number of hydrogen-bond donors (Lipinski definition) is 3. The standard InChI is InChI=1S/C18H34O2.C16H32O2.C14H28O2/c1-2-3-4-5-6-7-8-9-10-11-12-13-14-15-16-17-18(19)20;1-2-3-4-5-6-7-8-9-10-11-12-13-14-15-16(17)18;1-2-3-4-5-6-7-8-9-10-11-12-13-14(15)16/h9-10H,2-8,11-17H2,1H3,(H,19,20);2-15H2,1H3,(H,17,18);2-13H2,1H3,(H,15,16)/b10-9-;;. The summed E-state index contributed by atoms with van der Waals surface area (Å²) in [6.45, 7) is 6.77. The van der Waals surface area contributed by atoms with Gasteiger partial charge in [-0.3, -0.25) is 14.4 Å². The molecular weight excluding hydrogens is 673 g/mol. The van der Waals surface area contributed by atoms with E-state index in [-0.39, 0.29) is 0 Å². The van der Waals surface area contributed by atoms with E-state index in [4.69, 9.17) is 15.3 Å². The number of allylic oxidation sites excluding steroid dienone is 2. The highest BCUT2D eigenvalue weighted by Crippen LogP contribution is 2.14. The third-order valence-corrected chi connectivity index (χ3v) is 10.1. The van der Waals surface area contributed by atoms with E-state index in [9.17, 15) is 14.4 Å². The highest BCUT2D eigenvalue weighted by atomic mass is 16.4. The van der Waals surface area contributed by atoms with Crippen molar-refractivity contribution in [2.24, 2.45) is 0 Å². The van der Waals surface area contributed by atoms with Crippen LogP contribution in [0.25, 0.3) is 0 Å². The predicted octanol–water partition coefficient (Wildman–Crippen LogP) is 16.4. The first-order valence-electron chi connectivity index (χ1n) is 23.6. The monoisotopic (exact) mass is 767 g/mol. The molecule has 0 bridgehead atoms. The number of rotatable bonds is 41. The summed E-state index contributed by atoms with van der Waals surface area (Å²) in [5, 5.41) is 25.5. The third kappa shape index (κ3) is 65.1. The number of carboxylic acids is 3. The Labute approximate surface area is 336 Å². The van der Waals surface area contributed by atoms with Crippen molar-refractivity contribution >= 4 is 17.9 Å². The normalized spacial score (nSPS) is 10.9. The van der Waals surface area contributed by atoms with Gasteiger partial charge in [0.15, 0.2) is 0 Å². The fourth-order valence-corrected chi connectivity index (χ4v) is 6.58. The van der Waals surface area contributed by atoms with Crippen molar-refractivity contribution in [2.75, 3.05) is 0 Å². The molecule has 0 radical (unpaired) electrons. The average Bonchev–Trinajstić information content (AvgIpc) is 3.14. The number of aliphatic carboxylic acids is 3. The number of carbonyl (C=O) groups is 3. The summed E-state index contributed by atoms with van der Waals surface area (Å²) >= 11 is 0. The Hall–Kier alpha value is -1.85. The molecule has 0 rings (SSSR count). The van der Waals surface area contributed by atoms with Crippen LogP contribution in [-0.4, -0.2) is 33.2 Å². The van der Waals surface area contributed by atoms with Crippen molar-refractivity contribution in [1.29, 1.82) is 0 Å². The maximum Gasteiger partial charge on any atom is 0.303 e. The van der Waals surface area contributed by atoms with Gasteiger partial charge in [0.1, 0.15) is 0 Å². The van der Waals surface area contributed by atoms with Crippen LogP contribution in [0.3, 0.4) is 0 Å². The molecule has 0 spiro atoms. The lowest BCUT2D eigenvalue weighted by Crippen LogP contribution is -1.93. The maximum absolute atomic E-state index is 10.3. The molecule has 0 heterocycles. The van der Waals surface area contributed by atoms with Crippen LogP contribution in [0.2, 0.25) is 0 Å². The molecule has 0 aliphatic rings. The van der Waals surface area contributed by atoms with Gasteiger partial charge in [-0.1, -0.05) is 226 Å². The van der Waals surface area contributed by atoms with Crippen molar-refractivity contribution in [1.82, 2.24) is 0 Å². The third-order valence-electron chi connectivity index (χ3n) is 10.1. The van der Waals surface area contributed by atoms with Gasteiger partial charge in [-0.25, -0.2) is 0 Å². The number of hydrogen-bond acceptors (Lipinski definition) is 3. The SMILES string of the molecule is CCCCCCCC/C=C\CCCCCCCC(=O)O.CCCCCCCCCCCCCC(=O)O.CCCCCCCCCCCCCCCC(=O)O. The fourth-order valence-electron chi connectivity index (χ4n) is 6.58. The van der Waals surface area contributed by atoms with E-state index in [0.29, 0.717) is 19.3 Å². The molecule has 0 atom stereocenters. The summed E-state index contributed by atoms with van der Waals surface area (Å²) in [4.78, 5) is 30.9. The number of unbranched alkanes of at least 4 members (excludes halogenated alkanes) is 33. The van der Waals surface area contributed by atoms with Gasteiger partial charge in [0.05, 0.1) is 0 Å². The highest BCUT2D eigenvalue weighted by Gasteiger charge is 1.99. The molecule has 0 amide bonds. The van der Waals surface area contributed by atoms with Gasteiger partial charge in [-0.2, -0.15) is 0 Å². The van der Waals surface area contributed by atoms with Crippen molar-refractivity contribution in [3.63, 3.8) is 0 Å². The zero-order valence-corrected chi connectivity index (χ0v) is 36.5. The van der Waals surface area contributed by atoms with E-state index >= 15 is 0 Å². The van der Waals surface area contributed by atoms with E-state index in [0.717, 1.165) is 38.5 Å². The summed E-state index contributed by atoms with van der Waals surface area (Å²) in [5.74, 6) is -1.98. The largest absolute Gasteiger partial charge is 0.481 e. The van der Waals surface area contributed by atoms with Crippen LogP contribution in [0.5, 0.6) is 0 Å². The molecule has 0 fully saturated rings. The van der Waals surface area contributed by atoms with E-state index in [1.54, 1.807) is 0 Å². The molecule has 0 unspecified atom stereocenters. The molecule has 0 saturated carbocycles. The first kappa shape index (κ1) is 56.5. The van der Waals surface area contributed by atoms with Crippen LogP contribution in [0.4, 0.5) is 0 Å². The van der Waals surface area contributed by atoms with Crippen LogP contribution < -0.4 is 0 Å². The van der Waals surface area contributed by atoms with Crippen molar-refractivity contribution in [3.8, 4) is 0 Å². The average molecular weight is 767 g/mol. The molecule has 6 nitrogen and oxygen atoms in total. The van der Waals surface area contributed by atoms with Gasteiger partial charge in [-0.15, -0.1) is 0 Å². The van der Waals surface area contributed by atoms with Gasteiger partial charge in [0.25, 0.3) is 0 Å². The smallest absolute Gasteiger partial charge is 0.303 e. The molecule has 0 aromatic carbocycles. The Kier molecular flexibility index (Phi) is 55.7. The predicted molar refractivity (Wildman–Crippen MR) is 234 cm³/mol. The minimum absolute atomic E-state index is 0.332. The number of carboxylic acid groups (broad SMARTS) is 3. The summed E-state index contributed by atoms with van der Waals surface area (Å²) in [5.41, 5.74) is 0. The zero-order chi connectivity index (χ0) is 40.4. The molecule has 6 heteroatoms. The van der Waals surface area contributed by atoms with E-state index in [1.165, 1.54) is 199 Å². The zero-order valence-electron chi connectivity index (χ0n) is 36.5. The summed E-state index contributed by atoms with van der Waals surface area (Å²) < 4.78 is 0. The second-order valence-electron chi connectivity index (χ2n) is 15.8. The first-order valence-corrected chi connectivity index (χ1v) is 23.6. The minimum atomic E-state index is -0.664. The van der Waals surface area contributed by atoms with E-state index in [2.05, 4.69) is 32.9 Å². The van der Waals surface area contributed by atoms with Gasteiger partial charge in [0, 0.05) is 19.3 Å². The van der Waals surface area contributed by atoms with Crippen molar-refractivity contribution in [2.45, 2.75) is 278 Å². The Balaban J connectivity index is -0.000000727. The summed E-state index contributed by atoms with van der Waals surface area (Å²) in [6, 6.07) is 0. The molecule has 0 aliphatic carbocycles. The Morgan fingerprint density at radius 1 is 0.278 bits per heavy atom. The van der Waals surface area contributed by atoms with Crippen LogP contribution in [-0.2, 0) is 14.4 Å². The van der Waals surface area contributed by atoms with E-state index < -0.39 is 17.9 Å². The van der Waals surface area contributed by atoms with Crippen LogP contribution in [0, 0.1) is 0 Å². The quantitative estimate of drug-likeness (QED) is 0.0422. The second-order valence-corrected chi connectivity index (χ2v) is 15.8. The van der Waals surface area contributed by atoms with Crippen LogP contribution in [0.15, 0.2) is 12.2 Å². The molecule has 0 aliphatic heterocycles. The molecule has 0 aromatic rings. The van der Waals surface area contributed by atoms with Crippen molar-refractivity contribution < 1.29 is 29.7 Å². The molecule has 54 heavy (non-hydrogen) atoms. The molecular formula is C48H94O6. The lowest BCUT2D eigenvalue weighted by molar-refractivity contribution is -0.138. The van der Waals surface area contributed by atoms with Gasteiger partial charge in [0.2, 0.25) is 0 Å². The molecule has 0 aromatic heterocycles. The van der Waals surface area contributed by atoms with Crippen molar-refractivity contribution in [3.05, 3.63) is 12.2 Å². The minimum Gasteiger partial charge on any atom is -0.481 e. The fraction of sp³-hybridized carbons (Fsp3) is 0.896. The maximum atomic E-state index is 10.3. The lowest BCUT2D eigenvalue weighted by atomic mass is 10.0. The van der Waals surface area contributed by atoms with Gasteiger partial charge < -0.3 is 15.3 Å². The highest BCUT2D eigenvalue weighted by molar-refractivity contribution is 5.67. The summed E-state index contributed by atoms with van der Waals surface area (Å²) in [7, 11) is 0. The van der Waals surface area contributed by atoms with Gasteiger partial charge in [-0.05, 0) is 44.9 Å². The Bertz CT molecular complexity index is 764. The lowest BCUT2D eigenvalue weighted by Gasteiger charge is -2.02. The van der Waals surface area contributed by atoms with Gasteiger partial charge >= 0.3 is 17.9 Å². The molecule has 322 valence electrons. The summed E-state index contributed by atoms with van der Waals surface area (Å²) in [6.07, 6.45) is 52.9. The first-order chi connectivity index (χ1) is 26.3. The van der Waals surface area contributed by atoms with E-state index in [1.807, 2.05) is 0 Å². The molecule has 0 saturated heterocycles. The Morgan fingerprint density at radius 2 is 0.444 bits per heavy atom. The molecule has 3 N–H and O–H groups in total. The topological polar surface area (TPSA) is 112 Å². The Morgan fingerprint density at radius 3 is 0.630 bits per heavy atom.